The van der Waals surface area contributed by atoms with E-state index in [2.05, 4.69) is 5.32 Å². The monoisotopic (exact) mass is 390 g/mol. The Bertz CT molecular complexity index is 865. The van der Waals surface area contributed by atoms with Gasteiger partial charge in [-0.1, -0.05) is 0 Å². The second-order valence-electron chi connectivity index (χ2n) is 6.27. The van der Waals surface area contributed by atoms with Crippen molar-refractivity contribution in [2.75, 3.05) is 39.4 Å². The highest BCUT2D eigenvalue weighted by Crippen LogP contribution is 2.33. The number of furan rings is 1. The van der Waals surface area contributed by atoms with E-state index in [-0.39, 0.29) is 18.8 Å². The molecule has 10 heteroatoms. The lowest BCUT2D eigenvalue weighted by Gasteiger charge is -2.28. The van der Waals surface area contributed by atoms with Crippen LogP contribution in [-0.2, 0) is 4.74 Å². The summed E-state index contributed by atoms with van der Waals surface area (Å²) < 4.78 is 64.9. The van der Waals surface area contributed by atoms with Gasteiger partial charge in [-0.3, -0.25) is 9.69 Å². The van der Waals surface area contributed by atoms with Gasteiger partial charge in [0.15, 0.2) is 17.2 Å². The van der Waals surface area contributed by atoms with Crippen molar-refractivity contribution in [3.8, 4) is 0 Å². The molecular formula is C17H18F4N2O4. The quantitative estimate of drug-likeness (QED) is 0.462. The Morgan fingerprint density at radius 3 is 2.44 bits per heavy atom. The Hall–Kier alpha value is -2.17. The fraction of sp³-hybridized carbons (Fsp3) is 0.471. The van der Waals surface area contributed by atoms with E-state index in [9.17, 15) is 27.5 Å². The summed E-state index contributed by atoms with van der Waals surface area (Å²) in [5, 5.41) is 11.6. The van der Waals surface area contributed by atoms with Gasteiger partial charge in [-0.15, -0.1) is 0 Å². The van der Waals surface area contributed by atoms with Gasteiger partial charge >= 0.3 is 0 Å². The van der Waals surface area contributed by atoms with Gasteiger partial charge in [0.2, 0.25) is 11.6 Å². The zero-order valence-electron chi connectivity index (χ0n) is 14.5. The molecule has 1 aromatic carbocycles. The number of halogens is 4. The molecular weight excluding hydrogens is 372 g/mol. The smallest absolute Gasteiger partial charge is 0.255 e. The first kappa shape index (κ1) is 19.6. The first-order valence-corrected chi connectivity index (χ1v) is 8.32. The fourth-order valence-corrected chi connectivity index (χ4v) is 3.03. The highest BCUT2D eigenvalue weighted by atomic mass is 19.2. The predicted octanol–water partition coefficient (Wildman–Crippen LogP) is 1.72. The third kappa shape index (κ3) is 3.78. The van der Waals surface area contributed by atoms with Gasteiger partial charge in [-0.25, -0.2) is 13.2 Å². The van der Waals surface area contributed by atoms with Crippen molar-refractivity contribution in [2.45, 2.75) is 13.0 Å². The third-order valence-corrected chi connectivity index (χ3v) is 4.38. The first-order chi connectivity index (χ1) is 12.8. The van der Waals surface area contributed by atoms with Crippen molar-refractivity contribution in [1.82, 2.24) is 10.2 Å². The van der Waals surface area contributed by atoms with Gasteiger partial charge in [0.25, 0.3) is 5.91 Å². The van der Waals surface area contributed by atoms with Gasteiger partial charge in [-0.2, -0.15) is 4.39 Å². The van der Waals surface area contributed by atoms with E-state index in [4.69, 9.17) is 9.15 Å². The molecule has 148 valence electrons. The number of fused-ring (bicyclic) bond motifs is 1. The van der Waals surface area contributed by atoms with E-state index in [0.717, 1.165) is 0 Å². The van der Waals surface area contributed by atoms with Crippen molar-refractivity contribution in [3.05, 3.63) is 34.6 Å². The SMILES string of the molecule is Cc1oc2c(F)c(F)c(F)c(F)c2c1C(=O)NC[C@@H](O)CN1CCOCC1. The molecule has 1 saturated heterocycles. The maximum atomic E-state index is 14.1. The molecule has 0 radical (unpaired) electrons. The molecule has 2 N–H and O–H groups in total. The van der Waals surface area contributed by atoms with Crippen molar-refractivity contribution in [2.24, 2.45) is 0 Å². The minimum atomic E-state index is -2.03. The summed E-state index contributed by atoms with van der Waals surface area (Å²) in [6.07, 6.45) is -0.915. The number of amides is 1. The van der Waals surface area contributed by atoms with Crippen molar-refractivity contribution >= 4 is 16.9 Å². The molecule has 1 atom stereocenters. The number of morpholine rings is 1. The average molecular weight is 390 g/mol. The Morgan fingerprint density at radius 1 is 1.15 bits per heavy atom. The second-order valence-corrected chi connectivity index (χ2v) is 6.27. The summed E-state index contributed by atoms with van der Waals surface area (Å²) in [5.41, 5.74) is -1.32. The lowest BCUT2D eigenvalue weighted by Crippen LogP contribution is -2.44. The average Bonchev–Trinajstić information content (AvgIpc) is 3.01. The number of rotatable bonds is 5. The van der Waals surface area contributed by atoms with Crippen LogP contribution in [0.4, 0.5) is 17.6 Å². The van der Waals surface area contributed by atoms with Crippen LogP contribution in [0.3, 0.4) is 0 Å². The Balaban J connectivity index is 1.76. The fourth-order valence-electron chi connectivity index (χ4n) is 3.03. The topological polar surface area (TPSA) is 74.9 Å². The molecule has 1 aliphatic rings. The van der Waals surface area contributed by atoms with Crippen molar-refractivity contribution in [3.63, 3.8) is 0 Å². The van der Waals surface area contributed by atoms with Crippen LogP contribution in [0.2, 0.25) is 0 Å². The standard InChI is InChI=1S/C17H18F4N2O4/c1-8-10(11-12(18)13(19)14(20)15(21)16(11)27-8)17(25)22-6-9(24)7-23-2-4-26-5-3-23/h9,24H,2-7H2,1H3,(H,22,25)/t9-/m1/s1. The number of nitrogens with zero attached hydrogens (tertiary/aromatic N) is 1. The Labute approximate surface area is 151 Å². The number of hydrogen-bond acceptors (Lipinski definition) is 5. The minimum Gasteiger partial charge on any atom is -0.457 e. The van der Waals surface area contributed by atoms with Crippen LogP contribution in [0.5, 0.6) is 0 Å². The highest BCUT2D eigenvalue weighted by molar-refractivity contribution is 6.07. The molecule has 1 fully saturated rings. The molecule has 2 aromatic rings. The lowest BCUT2D eigenvalue weighted by molar-refractivity contribution is 0.0149. The molecule has 1 aromatic heterocycles. The predicted molar refractivity (Wildman–Crippen MR) is 86.4 cm³/mol. The summed E-state index contributed by atoms with van der Waals surface area (Å²) in [6.45, 7) is 3.75. The number of ether oxygens (including phenoxy) is 1. The number of β-amino-alcohol motifs (C(OH)–C–C–N with tert-alkyl or cyclic N) is 1. The number of carbonyl (C=O) groups excluding carboxylic acids is 1. The van der Waals surface area contributed by atoms with Crippen LogP contribution in [0, 0.1) is 30.2 Å². The van der Waals surface area contributed by atoms with Gasteiger partial charge in [-0.05, 0) is 6.92 Å². The van der Waals surface area contributed by atoms with E-state index < -0.39 is 51.8 Å². The molecule has 27 heavy (non-hydrogen) atoms. The van der Waals surface area contributed by atoms with E-state index in [0.29, 0.717) is 26.3 Å². The van der Waals surface area contributed by atoms with Crippen molar-refractivity contribution in [1.29, 1.82) is 0 Å². The summed E-state index contributed by atoms with van der Waals surface area (Å²) in [6, 6.07) is 0. The molecule has 1 aliphatic heterocycles. The zero-order valence-corrected chi connectivity index (χ0v) is 14.5. The Morgan fingerprint density at radius 2 is 1.78 bits per heavy atom. The number of aryl methyl sites for hydroxylation is 1. The zero-order chi connectivity index (χ0) is 19.7. The molecule has 0 aliphatic carbocycles. The lowest BCUT2D eigenvalue weighted by atomic mass is 10.1. The Kier molecular flexibility index (Phi) is 5.68. The number of carbonyl (C=O) groups is 1. The van der Waals surface area contributed by atoms with Crippen LogP contribution >= 0.6 is 0 Å². The summed E-state index contributed by atoms with van der Waals surface area (Å²) in [7, 11) is 0. The van der Waals surface area contributed by atoms with Crippen LogP contribution in [0.1, 0.15) is 16.1 Å². The van der Waals surface area contributed by atoms with Gasteiger partial charge in [0.1, 0.15) is 5.76 Å². The largest absolute Gasteiger partial charge is 0.457 e. The maximum absolute atomic E-state index is 14.1. The highest BCUT2D eigenvalue weighted by Gasteiger charge is 2.30. The van der Waals surface area contributed by atoms with Gasteiger partial charge in [0.05, 0.1) is 30.3 Å². The van der Waals surface area contributed by atoms with Crippen LogP contribution in [-0.4, -0.2) is 61.4 Å². The molecule has 2 heterocycles. The molecule has 0 saturated carbocycles. The maximum Gasteiger partial charge on any atom is 0.255 e. The van der Waals surface area contributed by atoms with Crippen LogP contribution < -0.4 is 5.32 Å². The summed E-state index contributed by atoms with van der Waals surface area (Å²) in [4.78, 5) is 14.3. The summed E-state index contributed by atoms with van der Waals surface area (Å²) >= 11 is 0. The van der Waals surface area contributed by atoms with E-state index in [1.807, 2.05) is 4.90 Å². The molecule has 1 amide bonds. The summed E-state index contributed by atoms with van der Waals surface area (Å²) in [5.74, 6) is -8.55. The van der Waals surface area contributed by atoms with Crippen LogP contribution in [0.25, 0.3) is 11.0 Å². The third-order valence-electron chi connectivity index (χ3n) is 4.38. The number of hydrogen-bond donors (Lipinski definition) is 2. The molecule has 0 bridgehead atoms. The van der Waals surface area contributed by atoms with E-state index >= 15 is 0 Å². The second kappa shape index (κ2) is 7.83. The number of nitrogens with one attached hydrogen (secondary N) is 1. The molecule has 6 nitrogen and oxygen atoms in total. The van der Waals surface area contributed by atoms with Crippen molar-refractivity contribution < 1.29 is 36.6 Å². The van der Waals surface area contributed by atoms with Gasteiger partial charge < -0.3 is 19.6 Å². The number of aliphatic hydroxyl groups is 1. The van der Waals surface area contributed by atoms with Crippen LogP contribution in [0.15, 0.2) is 4.42 Å². The molecule has 0 unspecified atom stereocenters. The minimum absolute atomic E-state index is 0.171. The van der Waals surface area contributed by atoms with E-state index in [1.165, 1.54) is 6.92 Å². The normalized spacial score (nSPS) is 16.7. The number of benzene rings is 1. The first-order valence-electron chi connectivity index (χ1n) is 8.32. The van der Waals surface area contributed by atoms with E-state index in [1.54, 1.807) is 0 Å². The number of aliphatic hydroxyl groups excluding tert-OH is 1. The van der Waals surface area contributed by atoms with Gasteiger partial charge in [0, 0.05) is 26.2 Å². The molecule has 3 rings (SSSR count). The molecule has 0 spiro atoms.